The number of carbonyl (C=O) groups is 1. The number of guanidine groups is 1. The van der Waals surface area contributed by atoms with E-state index >= 15 is 0 Å². The first kappa shape index (κ1) is 17.7. The van der Waals surface area contributed by atoms with E-state index in [1.807, 2.05) is 18.2 Å². The van der Waals surface area contributed by atoms with Gasteiger partial charge in [-0.15, -0.1) is 10.2 Å². The summed E-state index contributed by atoms with van der Waals surface area (Å²) < 4.78 is 31.6. The number of nitrogens with two attached hydrogens (primary N) is 2. The van der Waals surface area contributed by atoms with Gasteiger partial charge in [-0.2, -0.15) is 8.42 Å². The Morgan fingerprint density at radius 3 is 1.90 bits per heavy atom. The smallest absolute Gasteiger partial charge is 0.369 e. The van der Waals surface area contributed by atoms with Crippen LogP contribution in [0.15, 0.2) is 40.5 Å². The van der Waals surface area contributed by atoms with Crippen molar-refractivity contribution in [1.82, 2.24) is 0 Å². The maximum Gasteiger partial charge on any atom is 0.394 e. The molecular formula is C10H14N4O5S. The lowest BCUT2D eigenvalue weighted by atomic mass is 10.1. The second-order valence-electron chi connectivity index (χ2n) is 3.34. The van der Waals surface area contributed by atoms with E-state index in [0.717, 1.165) is 0 Å². The fourth-order valence-corrected chi connectivity index (χ4v) is 1.04. The van der Waals surface area contributed by atoms with E-state index in [9.17, 15) is 4.79 Å². The van der Waals surface area contributed by atoms with Crippen LogP contribution >= 0.6 is 0 Å². The second kappa shape index (κ2) is 7.99. The molecule has 10 heteroatoms. The predicted molar refractivity (Wildman–Crippen MR) is 73.6 cm³/mol. The highest BCUT2D eigenvalue weighted by atomic mass is 32.3. The van der Waals surface area contributed by atoms with Gasteiger partial charge in [-0.1, -0.05) is 30.3 Å². The van der Waals surface area contributed by atoms with Gasteiger partial charge in [0.15, 0.2) is 5.78 Å². The maximum atomic E-state index is 11.3. The topological polar surface area (TPSA) is 168 Å². The van der Waals surface area contributed by atoms with Crippen molar-refractivity contribution in [3.05, 3.63) is 35.9 Å². The van der Waals surface area contributed by atoms with Crippen LogP contribution in [0.3, 0.4) is 0 Å². The zero-order valence-corrected chi connectivity index (χ0v) is 11.3. The first-order valence-electron chi connectivity index (χ1n) is 5.04. The molecule has 0 saturated heterocycles. The monoisotopic (exact) mass is 302 g/mol. The van der Waals surface area contributed by atoms with Crippen LogP contribution in [0.5, 0.6) is 0 Å². The number of nitrogens with zero attached hydrogens (tertiary/aromatic N) is 2. The number of rotatable bonds is 3. The standard InChI is InChI=1S/C10H12N4O.H2O4S/c1-7(15)9(13-14-10(11)12)8-5-3-2-4-6-8;1-5(2,3)4/h2-6H,1H3,(H4,11,12,14);(H2,1,2,3,4). The molecule has 0 radical (unpaired) electrons. The van der Waals surface area contributed by atoms with Crippen molar-refractivity contribution in [2.24, 2.45) is 21.7 Å². The summed E-state index contributed by atoms with van der Waals surface area (Å²) in [5, 5.41) is 7.16. The Morgan fingerprint density at radius 1 is 1.10 bits per heavy atom. The lowest BCUT2D eigenvalue weighted by molar-refractivity contribution is -0.111. The molecule has 9 nitrogen and oxygen atoms in total. The van der Waals surface area contributed by atoms with Crippen LogP contribution in [-0.4, -0.2) is 35.0 Å². The Morgan fingerprint density at radius 2 is 1.55 bits per heavy atom. The Kier molecular flexibility index (Phi) is 7.07. The molecule has 0 spiro atoms. The summed E-state index contributed by atoms with van der Waals surface area (Å²) in [6, 6.07) is 9.00. The molecule has 0 unspecified atom stereocenters. The molecule has 0 heterocycles. The summed E-state index contributed by atoms with van der Waals surface area (Å²) in [5.41, 5.74) is 11.2. The fourth-order valence-electron chi connectivity index (χ4n) is 1.04. The third-order valence-corrected chi connectivity index (χ3v) is 1.65. The molecule has 0 amide bonds. The maximum absolute atomic E-state index is 11.3. The number of ketones is 1. The molecule has 1 rings (SSSR count). The van der Waals surface area contributed by atoms with Gasteiger partial charge >= 0.3 is 10.4 Å². The van der Waals surface area contributed by atoms with Gasteiger partial charge in [0.25, 0.3) is 0 Å². The first-order chi connectivity index (χ1) is 9.11. The third-order valence-electron chi connectivity index (χ3n) is 1.65. The van der Waals surface area contributed by atoms with E-state index in [2.05, 4.69) is 10.2 Å². The van der Waals surface area contributed by atoms with E-state index in [0.29, 0.717) is 5.56 Å². The SMILES string of the molecule is CC(=O)C(=NN=C(N)N)c1ccccc1.O=S(=O)(O)O. The van der Waals surface area contributed by atoms with Gasteiger partial charge in [-0.05, 0) is 0 Å². The number of hydrogen-bond acceptors (Lipinski definition) is 5. The minimum absolute atomic E-state index is 0.176. The number of Topliss-reactive ketones (excluding diaryl/α,β-unsaturated/α-hetero) is 1. The van der Waals surface area contributed by atoms with E-state index < -0.39 is 10.4 Å². The van der Waals surface area contributed by atoms with Crippen LogP contribution in [0, 0.1) is 0 Å². The van der Waals surface area contributed by atoms with Crippen LogP contribution in [0.1, 0.15) is 12.5 Å². The van der Waals surface area contributed by atoms with Crippen molar-refractivity contribution >= 4 is 27.9 Å². The van der Waals surface area contributed by atoms with Crippen molar-refractivity contribution in [1.29, 1.82) is 0 Å². The molecule has 0 bridgehead atoms. The third kappa shape index (κ3) is 9.70. The van der Waals surface area contributed by atoms with Gasteiger partial charge in [0, 0.05) is 12.5 Å². The summed E-state index contributed by atoms with van der Waals surface area (Å²) in [5.74, 6) is -0.365. The number of carbonyl (C=O) groups excluding carboxylic acids is 1. The molecule has 1 aromatic rings. The van der Waals surface area contributed by atoms with Crippen LogP contribution in [0.25, 0.3) is 0 Å². The molecule has 0 aliphatic rings. The molecule has 0 aliphatic carbocycles. The van der Waals surface area contributed by atoms with Gasteiger partial charge in [0.2, 0.25) is 5.96 Å². The number of benzene rings is 1. The zero-order chi connectivity index (χ0) is 15.8. The average Bonchev–Trinajstić information content (AvgIpc) is 2.27. The molecule has 0 fully saturated rings. The minimum Gasteiger partial charge on any atom is -0.369 e. The van der Waals surface area contributed by atoms with E-state index in [4.69, 9.17) is 29.0 Å². The normalized spacial score (nSPS) is 11.1. The Hall–Kier alpha value is -2.30. The minimum atomic E-state index is -4.67. The largest absolute Gasteiger partial charge is 0.394 e. The summed E-state index contributed by atoms with van der Waals surface area (Å²) in [6.45, 7) is 1.41. The van der Waals surface area contributed by atoms with Gasteiger partial charge in [-0.25, -0.2) is 0 Å². The molecule has 6 N–H and O–H groups in total. The molecular weight excluding hydrogens is 288 g/mol. The lowest BCUT2D eigenvalue weighted by Crippen LogP contribution is -2.22. The quantitative estimate of drug-likeness (QED) is 0.255. The Bertz CT molecular complexity index is 598. The summed E-state index contributed by atoms with van der Waals surface area (Å²) in [4.78, 5) is 11.3. The van der Waals surface area contributed by atoms with Crippen molar-refractivity contribution in [3.63, 3.8) is 0 Å². The van der Waals surface area contributed by atoms with Crippen LogP contribution in [0.2, 0.25) is 0 Å². The fraction of sp³-hybridized carbons (Fsp3) is 0.100. The van der Waals surface area contributed by atoms with Crippen molar-refractivity contribution in [3.8, 4) is 0 Å². The highest BCUT2D eigenvalue weighted by Gasteiger charge is 2.08. The summed E-state index contributed by atoms with van der Waals surface area (Å²) >= 11 is 0. The molecule has 110 valence electrons. The van der Waals surface area contributed by atoms with Crippen LogP contribution in [0.4, 0.5) is 0 Å². The van der Waals surface area contributed by atoms with E-state index in [1.165, 1.54) is 6.92 Å². The zero-order valence-electron chi connectivity index (χ0n) is 10.5. The van der Waals surface area contributed by atoms with Gasteiger partial charge in [-0.3, -0.25) is 13.9 Å². The van der Waals surface area contributed by atoms with E-state index in [1.54, 1.807) is 12.1 Å². The van der Waals surface area contributed by atoms with Crippen LogP contribution in [-0.2, 0) is 15.2 Å². The predicted octanol–water partition coefficient (Wildman–Crippen LogP) is -0.400. The van der Waals surface area contributed by atoms with E-state index in [-0.39, 0.29) is 17.5 Å². The highest BCUT2D eigenvalue weighted by Crippen LogP contribution is 2.02. The van der Waals surface area contributed by atoms with Gasteiger partial charge < -0.3 is 11.5 Å². The molecule has 0 aromatic heterocycles. The first-order valence-corrected chi connectivity index (χ1v) is 6.43. The van der Waals surface area contributed by atoms with Crippen LogP contribution < -0.4 is 11.5 Å². The second-order valence-corrected chi connectivity index (χ2v) is 4.24. The van der Waals surface area contributed by atoms with Crippen molar-refractivity contribution < 1.29 is 22.3 Å². The van der Waals surface area contributed by atoms with Crippen molar-refractivity contribution in [2.75, 3.05) is 0 Å². The Labute approximate surface area is 115 Å². The average molecular weight is 302 g/mol. The van der Waals surface area contributed by atoms with Gasteiger partial charge in [0.05, 0.1) is 0 Å². The van der Waals surface area contributed by atoms with Gasteiger partial charge in [0.1, 0.15) is 5.71 Å². The number of hydrogen-bond donors (Lipinski definition) is 4. The molecule has 1 aromatic carbocycles. The Balaban J connectivity index is 0.000000621. The molecule has 0 atom stereocenters. The molecule has 0 saturated carbocycles. The highest BCUT2D eigenvalue weighted by molar-refractivity contribution is 7.79. The summed E-state index contributed by atoms with van der Waals surface area (Å²) in [6.07, 6.45) is 0. The molecule has 0 aliphatic heterocycles. The molecule has 20 heavy (non-hydrogen) atoms. The summed E-state index contributed by atoms with van der Waals surface area (Å²) in [7, 11) is -4.67. The van der Waals surface area contributed by atoms with Crippen molar-refractivity contribution in [2.45, 2.75) is 6.92 Å². The lowest BCUT2D eigenvalue weighted by Gasteiger charge is -1.99.